The Hall–Kier alpha value is -3.05. The fraction of sp³-hybridized carbons (Fsp3) is 0.158. The molecule has 0 atom stereocenters. The maximum Gasteiger partial charge on any atom is 0.321 e. The summed E-state index contributed by atoms with van der Waals surface area (Å²) in [5, 5.41) is 13.0. The van der Waals surface area contributed by atoms with Gasteiger partial charge in [-0.05, 0) is 42.5 Å². The topological polar surface area (TPSA) is 123 Å². The molecule has 0 saturated carbocycles. The smallest absolute Gasteiger partial charge is 0.321 e. The third-order valence-corrected chi connectivity index (χ3v) is 5.87. The highest BCUT2D eigenvalue weighted by Crippen LogP contribution is 2.24. The van der Waals surface area contributed by atoms with Crippen LogP contribution >= 0.6 is 15.9 Å². The highest BCUT2D eigenvalue weighted by molar-refractivity contribution is 9.10. The Morgan fingerprint density at radius 3 is 2.43 bits per heavy atom. The molecule has 0 bridgehead atoms. The van der Waals surface area contributed by atoms with Crippen LogP contribution in [0.25, 0.3) is 0 Å². The third-order valence-electron chi connectivity index (χ3n) is 4.00. The molecule has 0 unspecified atom stereocenters. The van der Waals surface area contributed by atoms with Crippen molar-refractivity contribution in [3.05, 3.63) is 58.6 Å². The van der Waals surface area contributed by atoms with Gasteiger partial charge in [0.15, 0.2) is 5.82 Å². The SMILES string of the molecule is COc1cc(NS(=O)(=O)c2ccc(NCc3cc(Br)ccc3O)cc2)nc(OC)n1. The van der Waals surface area contributed by atoms with E-state index in [0.29, 0.717) is 17.8 Å². The largest absolute Gasteiger partial charge is 0.508 e. The van der Waals surface area contributed by atoms with Crippen molar-refractivity contribution in [2.45, 2.75) is 11.4 Å². The molecule has 158 valence electrons. The molecule has 1 aromatic heterocycles. The minimum absolute atomic E-state index is 0.0195. The second-order valence-corrected chi connectivity index (χ2v) is 8.64. The molecule has 1 heterocycles. The number of phenolic OH excluding ortho intramolecular Hbond substituents is 1. The molecule has 0 radical (unpaired) electrons. The summed E-state index contributed by atoms with van der Waals surface area (Å²) in [5.74, 6) is 0.353. The maximum absolute atomic E-state index is 12.7. The Bertz CT molecular complexity index is 1120. The number of aromatic nitrogens is 2. The van der Waals surface area contributed by atoms with Gasteiger partial charge in [-0.1, -0.05) is 15.9 Å². The van der Waals surface area contributed by atoms with Crippen molar-refractivity contribution in [1.29, 1.82) is 0 Å². The van der Waals surface area contributed by atoms with Gasteiger partial charge in [-0.15, -0.1) is 0 Å². The number of ether oxygens (including phenoxy) is 2. The highest BCUT2D eigenvalue weighted by Gasteiger charge is 2.17. The molecule has 0 aliphatic rings. The summed E-state index contributed by atoms with van der Waals surface area (Å²) in [5.41, 5.74) is 1.40. The van der Waals surface area contributed by atoms with Crippen LogP contribution in [0.1, 0.15) is 5.56 Å². The van der Waals surface area contributed by atoms with Crippen molar-refractivity contribution in [2.75, 3.05) is 24.3 Å². The van der Waals surface area contributed by atoms with E-state index < -0.39 is 10.0 Å². The molecule has 0 fully saturated rings. The standard InChI is InChI=1S/C19H19BrN4O5S/c1-28-18-10-17(22-19(23-18)29-2)24-30(26,27)15-6-4-14(5-7-15)21-11-12-9-13(20)3-8-16(12)25/h3-10,21,25H,11H2,1-2H3,(H,22,23,24). The summed E-state index contributed by atoms with van der Waals surface area (Å²) in [7, 11) is -1.11. The number of aromatic hydroxyl groups is 1. The first-order valence-electron chi connectivity index (χ1n) is 8.62. The first-order chi connectivity index (χ1) is 14.3. The Kier molecular flexibility index (Phi) is 6.63. The number of halogens is 1. The van der Waals surface area contributed by atoms with E-state index in [4.69, 9.17) is 9.47 Å². The average molecular weight is 495 g/mol. The van der Waals surface area contributed by atoms with Crippen molar-refractivity contribution in [1.82, 2.24) is 9.97 Å². The minimum atomic E-state index is -3.88. The van der Waals surface area contributed by atoms with Gasteiger partial charge in [0.25, 0.3) is 10.0 Å². The summed E-state index contributed by atoms with van der Waals surface area (Å²) in [4.78, 5) is 7.94. The monoisotopic (exact) mass is 494 g/mol. The van der Waals surface area contributed by atoms with E-state index in [1.165, 1.54) is 32.4 Å². The zero-order chi connectivity index (χ0) is 21.7. The van der Waals surface area contributed by atoms with E-state index >= 15 is 0 Å². The van der Waals surface area contributed by atoms with Crippen molar-refractivity contribution in [2.24, 2.45) is 0 Å². The second kappa shape index (κ2) is 9.18. The first kappa shape index (κ1) is 21.7. The third kappa shape index (κ3) is 5.30. The molecule has 3 aromatic rings. The zero-order valence-electron chi connectivity index (χ0n) is 16.1. The van der Waals surface area contributed by atoms with Crippen LogP contribution < -0.4 is 19.5 Å². The number of hydrogen-bond acceptors (Lipinski definition) is 8. The van der Waals surface area contributed by atoms with Gasteiger partial charge in [-0.3, -0.25) is 4.72 Å². The molecule has 9 nitrogen and oxygen atoms in total. The average Bonchev–Trinajstić information content (AvgIpc) is 2.74. The maximum atomic E-state index is 12.7. The van der Waals surface area contributed by atoms with Gasteiger partial charge in [0, 0.05) is 28.3 Å². The van der Waals surface area contributed by atoms with E-state index in [1.807, 2.05) is 0 Å². The van der Waals surface area contributed by atoms with Gasteiger partial charge < -0.3 is 19.9 Å². The van der Waals surface area contributed by atoms with E-state index in [9.17, 15) is 13.5 Å². The van der Waals surface area contributed by atoms with Gasteiger partial charge in [0.2, 0.25) is 5.88 Å². The molecule has 11 heteroatoms. The van der Waals surface area contributed by atoms with Crippen LogP contribution in [0.15, 0.2) is 57.9 Å². The summed E-state index contributed by atoms with van der Waals surface area (Å²) >= 11 is 3.36. The summed E-state index contributed by atoms with van der Waals surface area (Å²) in [6, 6.07) is 12.6. The molecule has 0 amide bonds. The molecular formula is C19H19BrN4O5S. The van der Waals surface area contributed by atoms with Gasteiger partial charge in [0.05, 0.1) is 19.1 Å². The lowest BCUT2D eigenvalue weighted by atomic mass is 10.2. The summed E-state index contributed by atoms with van der Waals surface area (Å²) in [6.07, 6.45) is 0. The minimum Gasteiger partial charge on any atom is -0.508 e. The van der Waals surface area contributed by atoms with Crippen LogP contribution in [-0.4, -0.2) is 37.7 Å². The number of benzene rings is 2. The summed E-state index contributed by atoms with van der Waals surface area (Å²) in [6.45, 7) is 0.371. The molecular weight excluding hydrogens is 476 g/mol. The number of nitrogens with one attached hydrogen (secondary N) is 2. The normalized spacial score (nSPS) is 11.0. The van der Waals surface area contributed by atoms with Gasteiger partial charge >= 0.3 is 6.01 Å². The lowest BCUT2D eigenvalue weighted by molar-refractivity contribution is 0.353. The predicted octanol–water partition coefficient (Wildman–Crippen LogP) is 3.37. The van der Waals surface area contributed by atoms with Crippen LogP contribution in [0.3, 0.4) is 0 Å². The number of anilines is 2. The van der Waals surface area contributed by atoms with E-state index in [1.54, 1.807) is 30.3 Å². The number of phenols is 1. The molecule has 0 aliphatic heterocycles. The van der Waals surface area contributed by atoms with Crippen molar-refractivity contribution in [3.8, 4) is 17.6 Å². The number of methoxy groups -OCH3 is 2. The second-order valence-electron chi connectivity index (χ2n) is 6.04. The Morgan fingerprint density at radius 1 is 1.03 bits per heavy atom. The van der Waals surface area contributed by atoms with Crippen LogP contribution in [-0.2, 0) is 16.6 Å². The van der Waals surface area contributed by atoms with Gasteiger partial charge in [-0.2, -0.15) is 9.97 Å². The molecule has 30 heavy (non-hydrogen) atoms. The molecule has 0 aliphatic carbocycles. The number of sulfonamides is 1. The Balaban J connectivity index is 1.72. The van der Waals surface area contributed by atoms with Crippen molar-refractivity contribution >= 4 is 37.5 Å². The van der Waals surface area contributed by atoms with Gasteiger partial charge in [-0.25, -0.2) is 8.42 Å². The fourth-order valence-electron chi connectivity index (χ4n) is 2.49. The van der Waals surface area contributed by atoms with Gasteiger partial charge in [0.1, 0.15) is 5.75 Å². The zero-order valence-corrected chi connectivity index (χ0v) is 18.5. The Labute approximate surface area is 182 Å². The quantitative estimate of drug-likeness (QED) is 0.435. The first-order valence-corrected chi connectivity index (χ1v) is 10.9. The van der Waals surface area contributed by atoms with Crippen LogP contribution in [0, 0.1) is 0 Å². The summed E-state index contributed by atoms with van der Waals surface area (Å²) < 4.78 is 38.5. The van der Waals surface area contributed by atoms with Crippen molar-refractivity contribution < 1.29 is 23.0 Å². The number of nitrogens with zero attached hydrogens (tertiary/aromatic N) is 2. The van der Waals surface area contributed by atoms with E-state index in [-0.39, 0.29) is 28.4 Å². The predicted molar refractivity (Wildman–Crippen MR) is 116 cm³/mol. The molecule has 0 spiro atoms. The van der Waals surface area contributed by atoms with Crippen LogP contribution in [0.2, 0.25) is 0 Å². The lowest BCUT2D eigenvalue weighted by Gasteiger charge is -2.11. The highest BCUT2D eigenvalue weighted by atomic mass is 79.9. The van der Waals surface area contributed by atoms with Crippen LogP contribution in [0.4, 0.5) is 11.5 Å². The Morgan fingerprint density at radius 2 is 1.77 bits per heavy atom. The number of rotatable bonds is 8. The molecule has 3 rings (SSSR count). The fourth-order valence-corrected chi connectivity index (χ4v) is 3.89. The van der Waals surface area contributed by atoms with Crippen molar-refractivity contribution in [3.63, 3.8) is 0 Å². The molecule has 2 aromatic carbocycles. The number of hydrogen-bond donors (Lipinski definition) is 3. The lowest BCUT2D eigenvalue weighted by Crippen LogP contribution is -2.14. The van der Waals surface area contributed by atoms with Crippen LogP contribution in [0.5, 0.6) is 17.6 Å². The molecule has 3 N–H and O–H groups in total. The van der Waals surface area contributed by atoms with E-state index in [0.717, 1.165) is 4.47 Å². The van der Waals surface area contributed by atoms with E-state index in [2.05, 4.69) is 35.9 Å². The molecule has 0 saturated heterocycles.